The molecule has 0 saturated carbocycles. The van der Waals surface area contributed by atoms with Crippen molar-refractivity contribution in [2.24, 2.45) is 0 Å². The van der Waals surface area contributed by atoms with Gasteiger partial charge in [-0.1, -0.05) is 12.1 Å². The molecule has 3 aromatic rings. The van der Waals surface area contributed by atoms with Crippen LogP contribution < -0.4 is 14.8 Å². The average Bonchev–Trinajstić information content (AvgIpc) is 3.17. The maximum atomic E-state index is 5.51. The number of hydrogen-bond acceptors (Lipinski definition) is 7. The first-order valence-electron chi connectivity index (χ1n) is 8.78. The number of pyridine rings is 1. The fraction of sp³-hybridized carbons (Fsp3) is 0.250. The van der Waals surface area contributed by atoms with Crippen LogP contribution in [-0.4, -0.2) is 33.7 Å². The van der Waals surface area contributed by atoms with E-state index in [2.05, 4.69) is 37.3 Å². The first kappa shape index (κ1) is 17.2. The van der Waals surface area contributed by atoms with E-state index in [0.717, 1.165) is 47.8 Å². The Balaban J connectivity index is 1.53. The molecule has 2 aromatic heterocycles. The molecule has 0 atom stereocenters. The number of aromatic nitrogens is 3. The van der Waals surface area contributed by atoms with E-state index in [1.165, 1.54) is 0 Å². The third-order valence-corrected chi connectivity index (χ3v) is 4.31. The highest BCUT2D eigenvalue weighted by Crippen LogP contribution is 2.33. The van der Waals surface area contributed by atoms with Crippen molar-refractivity contribution in [3.05, 3.63) is 71.8 Å². The third kappa shape index (κ3) is 4.32. The Morgan fingerprint density at radius 2 is 1.70 bits per heavy atom. The number of hydrogen-bond donors (Lipinski definition) is 1. The molecular weight excluding hydrogens is 342 g/mol. The van der Waals surface area contributed by atoms with Crippen LogP contribution in [0.15, 0.2) is 55.1 Å². The SMILES string of the molecule is CNc1ncc(CN(Cc2cccnc2)Cc2ccc3c(c2)OCO3)cn1. The number of nitrogens with zero attached hydrogens (tertiary/aromatic N) is 4. The molecule has 4 rings (SSSR count). The summed E-state index contributed by atoms with van der Waals surface area (Å²) in [6, 6.07) is 10.1. The van der Waals surface area contributed by atoms with Crippen LogP contribution in [0.2, 0.25) is 0 Å². The van der Waals surface area contributed by atoms with Gasteiger partial charge in [0.05, 0.1) is 0 Å². The topological polar surface area (TPSA) is 72.4 Å². The van der Waals surface area contributed by atoms with E-state index in [9.17, 15) is 0 Å². The summed E-state index contributed by atoms with van der Waals surface area (Å²) >= 11 is 0. The quantitative estimate of drug-likeness (QED) is 0.692. The Bertz CT molecular complexity index is 887. The standard InChI is InChI=1S/C20H21N5O2/c1-21-20-23-9-17(10-24-20)13-25(12-16-3-2-6-22-8-16)11-15-4-5-18-19(7-15)27-14-26-18/h2-10H,11-14H2,1H3,(H,21,23,24). The Kier molecular flexibility index (Phi) is 5.11. The van der Waals surface area contributed by atoms with Crippen LogP contribution in [0.25, 0.3) is 0 Å². The van der Waals surface area contributed by atoms with E-state index in [1.807, 2.05) is 43.8 Å². The summed E-state index contributed by atoms with van der Waals surface area (Å²) in [5.41, 5.74) is 3.38. The number of anilines is 1. The monoisotopic (exact) mass is 363 g/mol. The van der Waals surface area contributed by atoms with Gasteiger partial charge < -0.3 is 14.8 Å². The largest absolute Gasteiger partial charge is 0.454 e. The van der Waals surface area contributed by atoms with Crippen LogP contribution in [0, 0.1) is 0 Å². The number of rotatable bonds is 7. The van der Waals surface area contributed by atoms with Gasteiger partial charge in [-0.2, -0.15) is 0 Å². The van der Waals surface area contributed by atoms with Crippen molar-refractivity contribution in [3.63, 3.8) is 0 Å². The van der Waals surface area contributed by atoms with Crippen LogP contribution in [0.4, 0.5) is 5.95 Å². The number of nitrogens with one attached hydrogen (secondary N) is 1. The van der Waals surface area contributed by atoms with Gasteiger partial charge in [0.15, 0.2) is 11.5 Å². The lowest BCUT2D eigenvalue weighted by molar-refractivity contribution is 0.174. The lowest BCUT2D eigenvalue weighted by Gasteiger charge is -2.22. The van der Waals surface area contributed by atoms with Crippen LogP contribution >= 0.6 is 0 Å². The molecule has 0 bridgehead atoms. The molecule has 1 aliphatic heterocycles. The molecular formula is C20H21N5O2. The third-order valence-electron chi connectivity index (χ3n) is 4.31. The molecule has 0 amide bonds. The zero-order valence-corrected chi connectivity index (χ0v) is 15.1. The van der Waals surface area contributed by atoms with Crippen molar-refractivity contribution in [2.45, 2.75) is 19.6 Å². The summed E-state index contributed by atoms with van der Waals surface area (Å²) in [6.07, 6.45) is 7.40. The van der Waals surface area contributed by atoms with Gasteiger partial charge in [0.25, 0.3) is 0 Å². The molecule has 0 fully saturated rings. The van der Waals surface area contributed by atoms with Crippen molar-refractivity contribution in [1.82, 2.24) is 19.9 Å². The second-order valence-corrected chi connectivity index (χ2v) is 6.36. The van der Waals surface area contributed by atoms with Crippen molar-refractivity contribution in [3.8, 4) is 11.5 Å². The van der Waals surface area contributed by atoms with Crippen LogP contribution in [0.5, 0.6) is 11.5 Å². The lowest BCUT2D eigenvalue weighted by atomic mass is 10.1. The van der Waals surface area contributed by atoms with E-state index in [1.54, 1.807) is 6.20 Å². The highest BCUT2D eigenvalue weighted by Gasteiger charge is 2.15. The van der Waals surface area contributed by atoms with Gasteiger partial charge in [0.2, 0.25) is 12.7 Å². The van der Waals surface area contributed by atoms with Gasteiger partial charge in [0, 0.05) is 57.0 Å². The minimum absolute atomic E-state index is 0.285. The predicted octanol–water partition coefficient (Wildman–Crippen LogP) is 2.84. The highest BCUT2D eigenvalue weighted by molar-refractivity contribution is 5.44. The molecule has 0 radical (unpaired) electrons. The zero-order valence-electron chi connectivity index (χ0n) is 15.1. The van der Waals surface area contributed by atoms with E-state index < -0.39 is 0 Å². The van der Waals surface area contributed by atoms with Gasteiger partial charge in [-0.3, -0.25) is 9.88 Å². The summed E-state index contributed by atoms with van der Waals surface area (Å²) in [6.45, 7) is 2.55. The Morgan fingerprint density at radius 1 is 0.926 bits per heavy atom. The molecule has 7 nitrogen and oxygen atoms in total. The van der Waals surface area contributed by atoms with Crippen LogP contribution in [0.1, 0.15) is 16.7 Å². The maximum Gasteiger partial charge on any atom is 0.231 e. The normalized spacial score (nSPS) is 12.4. The fourth-order valence-corrected chi connectivity index (χ4v) is 3.04. The highest BCUT2D eigenvalue weighted by atomic mass is 16.7. The molecule has 138 valence electrons. The first-order chi connectivity index (χ1) is 13.3. The molecule has 1 aliphatic rings. The van der Waals surface area contributed by atoms with Gasteiger partial charge >= 0.3 is 0 Å². The Hall–Kier alpha value is -3.19. The second kappa shape index (κ2) is 8.01. The fourth-order valence-electron chi connectivity index (χ4n) is 3.04. The van der Waals surface area contributed by atoms with Gasteiger partial charge in [0.1, 0.15) is 0 Å². The summed E-state index contributed by atoms with van der Waals surface area (Å²) < 4.78 is 10.9. The van der Waals surface area contributed by atoms with Gasteiger partial charge in [-0.05, 0) is 29.3 Å². The number of fused-ring (bicyclic) bond motifs is 1. The van der Waals surface area contributed by atoms with Crippen LogP contribution in [-0.2, 0) is 19.6 Å². The summed E-state index contributed by atoms with van der Waals surface area (Å²) in [5, 5.41) is 2.94. The maximum absolute atomic E-state index is 5.51. The molecule has 27 heavy (non-hydrogen) atoms. The van der Waals surface area contributed by atoms with Crippen molar-refractivity contribution < 1.29 is 9.47 Å². The van der Waals surface area contributed by atoms with Crippen molar-refractivity contribution in [1.29, 1.82) is 0 Å². The van der Waals surface area contributed by atoms with Crippen molar-refractivity contribution in [2.75, 3.05) is 19.2 Å². The number of ether oxygens (including phenoxy) is 2. The zero-order chi connectivity index (χ0) is 18.5. The van der Waals surface area contributed by atoms with E-state index in [4.69, 9.17) is 9.47 Å². The van der Waals surface area contributed by atoms with E-state index in [-0.39, 0.29) is 6.79 Å². The summed E-state index contributed by atoms with van der Waals surface area (Å²) in [4.78, 5) is 15.2. The molecule has 0 saturated heterocycles. The number of benzene rings is 1. The molecule has 3 heterocycles. The smallest absolute Gasteiger partial charge is 0.231 e. The van der Waals surface area contributed by atoms with Crippen molar-refractivity contribution >= 4 is 5.95 Å². The molecule has 1 aromatic carbocycles. The summed E-state index contributed by atoms with van der Waals surface area (Å²) in [7, 11) is 1.81. The molecule has 7 heteroatoms. The Labute approximate surface area is 158 Å². The molecule has 0 unspecified atom stereocenters. The minimum atomic E-state index is 0.285. The molecule has 1 N–H and O–H groups in total. The van der Waals surface area contributed by atoms with Crippen LogP contribution in [0.3, 0.4) is 0 Å². The first-order valence-corrected chi connectivity index (χ1v) is 8.78. The average molecular weight is 363 g/mol. The Morgan fingerprint density at radius 3 is 2.48 bits per heavy atom. The van der Waals surface area contributed by atoms with E-state index >= 15 is 0 Å². The minimum Gasteiger partial charge on any atom is -0.454 e. The second-order valence-electron chi connectivity index (χ2n) is 6.36. The molecule has 0 spiro atoms. The van der Waals surface area contributed by atoms with Gasteiger partial charge in [-0.25, -0.2) is 9.97 Å². The molecule has 0 aliphatic carbocycles. The van der Waals surface area contributed by atoms with E-state index in [0.29, 0.717) is 5.95 Å². The lowest BCUT2D eigenvalue weighted by Crippen LogP contribution is -2.22. The van der Waals surface area contributed by atoms with Gasteiger partial charge in [-0.15, -0.1) is 0 Å². The summed E-state index contributed by atoms with van der Waals surface area (Å²) in [5.74, 6) is 2.22. The predicted molar refractivity (Wildman–Crippen MR) is 101 cm³/mol.